The Labute approximate surface area is 184 Å². The number of nitrogens with one attached hydrogen (secondary N) is 1. The van der Waals surface area contributed by atoms with Crippen LogP contribution in [0.3, 0.4) is 0 Å². The summed E-state index contributed by atoms with van der Waals surface area (Å²) in [7, 11) is -1.57. The van der Waals surface area contributed by atoms with Crippen molar-refractivity contribution in [1.29, 1.82) is 0 Å². The summed E-state index contributed by atoms with van der Waals surface area (Å²) in [5.41, 5.74) is 3.64. The highest BCUT2D eigenvalue weighted by atomic mass is 32.2. The van der Waals surface area contributed by atoms with E-state index in [1.807, 2.05) is 46.9 Å². The molecule has 1 N–H and O–H groups in total. The van der Waals surface area contributed by atoms with Gasteiger partial charge in [-0.15, -0.1) is 0 Å². The Hall–Kier alpha value is -2.74. The molecule has 0 aliphatic heterocycles. The van der Waals surface area contributed by atoms with Crippen molar-refractivity contribution >= 4 is 21.5 Å². The second kappa shape index (κ2) is 8.42. The van der Waals surface area contributed by atoms with E-state index >= 15 is 0 Å². The van der Waals surface area contributed by atoms with E-state index in [4.69, 9.17) is 0 Å². The van der Waals surface area contributed by atoms with Gasteiger partial charge in [-0.3, -0.25) is 4.68 Å². The van der Waals surface area contributed by atoms with Gasteiger partial charge in [0.1, 0.15) is 17.5 Å². The summed E-state index contributed by atoms with van der Waals surface area (Å²) in [5, 5.41) is 7.73. The molecule has 2 heterocycles. The number of aryl methyl sites for hydroxylation is 3. The molecule has 0 bridgehead atoms. The zero-order valence-corrected chi connectivity index (χ0v) is 20.1. The maximum Gasteiger partial charge on any atom is 0.183 e. The fourth-order valence-corrected chi connectivity index (χ4v) is 5.10. The van der Waals surface area contributed by atoms with Crippen LogP contribution in [0.4, 0.5) is 11.6 Å². The lowest BCUT2D eigenvalue weighted by atomic mass is 10.1. The molecule has 0 fully saturated rings. The van der Waals surface area contributed by atoms with Crippen LogP contribution in [0.15, 0.2) is 35.4 Å². The Bertz CT molecular complexity index is 1210. The molecule has 1 aromatic carbocycles. The summed E-state index contributed by atoms with van der Waals surface area (Å²) < 4.78 is 27.3. The molecule has 3 aromatic rings. The number of hydrogen-bond donors (Lipinski definition) is 1. The number of anilines is 2. The van der Waals surface area contributed by atoms with Crippen LogP contribution in [0.5, 0.6) is 0 Å². The van der Waals surface area contributed by atoms with Crippen LogP contribution in [0.2, 0.25) is 0 Å². The summed E-state index contributed by atoms with van der Waals surface area (Å²) in [6.07, 6.45) is 2.69. The van der Waals surface area contributed by atoms with Crippen molar-refractivity contribution in [3.63, 3.8) is 0 Å². The lowest BCUT2D eigenvalue weighted by molar-refractivity contribution is 0.537. The molecule has 0 saturated carbocycles. The van der Waals surface area contributed by atoms with Crippen molar-refractivity contribution in [3.8, 4) is 0 Å². The molecular formula is C23H31N5O2S. The highest BCUT2D eigenvalue weighted by Crippen LogP contribution is 2.31. The summed E-state index contributed by atoms with van der Waals surface area (Å²) in [6, 6.07) is 7.36. The van der Waals surface area contributed by atoms with Crippen LogP contribution in [0.1, 0.15) is 55.4 Å². The van der Waals surface area contributed by atoms with Gasteiger partial charge in [0.15, 0.2) is 9.84 Å². The zero-order valence-electron chi connectivity index (χ0n) is 19.3. The van der Waals surface area contributed by atoms with Gasteiger partial charge in [0.2, 0.25) is 0 Å². The average Bonchev–Trinajstić information content (AvgIpc) is 2.95. The van der Waals surface area contributed by atoms with E-state index in [1.165, 1.54) is 0 Å². The fraction of sp³-hybridized carbons (Fsp3) is 0.435. The SMILES string of the molecule is CCC(C)(C)S(=O)(=O)c1cc(Cc2nccc(Nc3c(C)c(C)nn3C)n2)ccc1C. The van der Waals surface area contributed by atoms with Gasteiger partial charge < -0.3 is 5.32 Å². The molecule has 3 rings (SSSR count). The van der Waals surface area contributed by atoms with Crippen molar-refractivity contribution in [2.24, 2.45) is 7.05 Å². The molecule has 0 saturated heterocycles. The van der Waals surface area contributed by atoms with E-state index in [0.717, 1.165) is 28.2 Å². The summed E-state index contributed by atoms with van der Waals surface area (Å²) in [6.45, 7) is 11.3. The Balaban J connectivity index is 1.90. The first-order valence-electron chi connectivity index (χ1n) is 10.4. The van der Waals surface area contributed by atoms with Gasteiger partial charge >= 0.3 is 0 Å². The summed E-state index contributed by atoms with van der Waals surface area (Å²) in [4.78, 5) is 9.39. The minimum atomic E-state index is -3.45. The number of rotatable bonds is 7. The monoisotopic (exact) mass is 441 g/mol. The Morgan fingerprint density at radius 1 is 1.13 bits per heavy atom. The molecule has 8 heteroatoms. The lowest BCUT2D eigenvalue weighted by Crippen LogP contribution is -2.31. The first kappa shape index (κ1) is 22.9. The fourth-order valence-electron chi connectivity index (χ4n) is 3.33. The Morgan fingerprint density at radius 2 is 1.84 bits per heavy atom. The maximum atomic E-state index is 13.2. The minimum Gasteiger partial charge on any atom is -0.325 e. The smallest absolute Gasteiger partial charge is 0.183 e. The van der Waals surface area contributed by atoms with E-state index < -0.39 is 14.6 Å². The number of benzene rings is 1. The van der Waals surface area contributed by atoms with E-state index in [1.54, 1.807) is 36.9 Å². The van der Waals surface area contributed by atoms with Gasteiger partial charge in [-0.25, -0.2) is 18.4 Å². The second-order valence-corrected chi connectivity index (χ2v) is 11.1. The predicted molar refractivity (Wildman–Crippen MR) is 124 cm³/mol. The normalized spacial score (nSPS) is 12.2. The van der Waals surface area contributed by atoms with Gasteiger partial charge in [-0.2, -0.15) is 5.10 Å². The molecule has 0 spiro atoms. The molecular weight excluding hydrogens is 410 g/mol. The third kappa shape index (κ3) is 4.49. The van der Waals surface area contributed by atoms with Crippen LogP contribution >= 0.6 is 0 Å². The molecule has 0 unspecified atom stereocenters. The topological polar surface area (TPSA) is 89.8 Å². The van der Waals surface area contributed by atoms with Crippen LogP contribution in [-0.2, 0) is 23.3 Å². The molecule has 0 amide bonds. The number of aromatic nitrogens is 4. The predicted octanol–water partition coefficient (Wildman–Crippen LogP) is 4.43. The van der Waals surface area contributed by atoms with Gasteiger partial charge in [0.05, 0.1) is 15.3 Å². The number of sulfone groups is 1. The Kier molecular flexibility index (Phi) is 6.23. The third-order valence-corrected chi connectivity index (χ3v) is 8.72. The van der Waals surface area contributed by atoms with Crippen LogP contribution < -0.4 is 5.32 Å². The van der Waals surface area contributed by atoms with Gasteiger partial charge in [-0.05, 0) is 64.3 Å². The van der Waals surface area contributed by atoms with Gasteiger partial charge in [0.25, 0.3) is 0 Å². The second-order valence-electron chi connectivity index (χ2n) is 8.56. The zero-order chi connectivity index (χ0) is 23.0. The molecule has 0 aliphatic carbocycles. The van der Waals surface area contributed by atoms with Crippen molar-refractivity contribution in [3.05, 3.63) is 58.7 Å². The average molecular weight is 442 g/mol. The summed E-state index contributed by atoms with van der Waals surface area (Å²) >= 11 is 0. The van der Waals surface area contributed by atoms with Crippen molar-refractivity contribution in [1.82, 2.24) is 19.7 Å². The van der Waals surface area contributed by atoms with Crippen molar-refractivity contribution < 1.29 is 8.42 Å². The Morgan fingerprint density at radius 3 is 2.45 bits per heavy atom. The van der Waals surface area contributed by atoms with Crippen LogP contribution in [0.25, 0.3) is 0 Å². The van der Waals surface area contributed by atoms with Crippen molar-refractivity contribution in [2.75, 3.05) is 5.32 Å². The van der Waals surface area contributed by atoms with Gasteiger partial charge in [0, 0.05) is 25.2 Å². The van der Waals surface area contributed by atoms with E-state index in [-0.39, 0.29) is 0 Å². The molecule has 0 aliphatic rings. The quantitative estimate of drug-likeness (QED) is 0.583. The highest BCUT2D eigenvalue weighted by Gasteiger charge is 2.35. The molecule has 7 nitrogen and oxygen atoms in total. The molecule has 0 atom stereocenters. The standard InChI is InChI=1S/C23H31N5O2S/c1-8-23(5,6)31(29,30)19-13-18(10-9-15(19)2)14-21-24-12-11-20(25-21)26-22-16(3)17(4)27-28(22)7/h9-13H,8,14H2,1-7H3,(H,24,25,26). The maximum absolute atomic E-state index is 13.2. The van der Waals surface area contributed by atoms with Crippen molar-refractivity contribution in [2.45, 2.75) is 64.0 Å². The van der Waals surface area contributed by atoms with Crippen LogP contribution in [-0.4, -0.2) is 32.9 Å². The molecule has 31 heavy (non-hydrogen) atoms. The molecule has 166 valence electrons. The number of nitrogens with zero attached hydrogens (tertiary/aromatic N) is 4. The minimum absolute atomic E-state index is 0.382. The van der Waals surface area contributed by atoms with Crippen LogP contribution in [0, 0.1) is 20.8 Å². The molecule has 2 aromatic heterocycles. The van der Waals surface area contributed by atoms with E-state index in [0.29, 0.717) is 29.4 Å². The lowest BCUT2D eigenvalue weighted by Gasteiger charge is -2.24. The first-order chi connectivity index (χ1) is 14.5. The van der Waals surface area contributed by atoms with Gasteiger partial charge in [-0.1, -0.05) is 19.1 Å². The highest BCUT2D eigenvalue weighted by molar-refractivity contribution is 7.92. The van der Waals surface area contributed by atoms with E-state index in [9.17, 15) is 8.42 Å². The molecule has 0 radical (unpaired) electrons. The first-order valence-corrected chi connectivity index (χ1v) is 11.9. The largest absolute Gasteiger partial charge is 0.325 e. The third-order valence-electron chi connectivity index (χ3n) is 5.96. The summed E-state index contributed by atoms with van der Waals surface area (Å²) in [5.74, 6) is 2.17. The number of hydrogen-bond acceptors (Lipinski definition) is 6. The van der Waals surface area contributed by atoms with E-state index in [2.05, 4.69) is 20.4 Å².